The molecule has 0 saturated carbocycles. The lowest BCUT2D eigenvalue weighted by Gasteiger charge is -2.20. The Kier molecular flexibility index (Phi) is 8.93. The van der Waals surface area contributed by atoms with Crippen LogP contribution < -0.4 is 24.8 Å². The quantitative estimate of drug-likeness (QED) is 0.233. The van der Waals surface area contributed by atoms with Crippen molar-refractivity contribution in [3.63, 3.8) is 0 Å². The second kappa shape index (κ2) is 12.7. The van der Waals surface area contributed by atoms with Gasteiger partial charge in [0.25, 0.3) is 11.8 Å². The average Bonchev–Trinajstić information content (AvgIpc) is 3.51. The predicted molar refractivity (Wildman–Crippen MR) is 147 cm³/mol. The van der Waals surface area contributed by atoms with Crippen LogP contribution in [0.3, 0.4) is 0 Å². The Morgan fingerprint density at radius 2 is 1.57 bits per heavy atom. The molecule has 0 aliphatic heterocycles. The maximum absolute atomic E-state index is 13.4. The van der Waals surface area contributed by atoms with Crippen LogP contribution in [0.5, 0.6) is 17.2 Å². The van der Waals surface area contributed by atoms with E-state index in [1.807, 2.05) is 0 Å². The molecule has 206 valence electrons. The molecule has 3 aromatic carbocycles. The molecule has 0 aliphatic rings. The van der Waals surface area contributed by atoms with Gasteiger partial charge in [0.2, 0.25) is 6.10 Å². The van der Waals surface area contributed by atoms with Crippen LogP contribution >= 0.6 is 11.6 Å². The zero-order valence-corrected chi connectivity index (χ0v) is 22.5. The van der Waals surface area contributed by atoms with Gasteiger partial charge in [-0.3, -0.25) is 9.59 Å². The summed E-state index contributed by atoms with van der Waals surface area (Å²) in [6, 6.07) is 19.0. The van der Waals surface area contributed by atoms with Gasteiger partial charge in [-0.25, -0.2) is 4.79 Å². The Bertz CT molecular complexity index is 1510. The molecule has 0 radical (unpaired) electrons. The van der Waals surface area contributed by atoms with Gasteiger partial charge in [0.1, 0.15) is 5.75 Å². The van der Waals surface area contributed by atoms with E-state index in [-0.39, 0.29) is 28.5 Å². The third kappa shape index (κ3) is 6.36. The summed E-state index contributed by atoms with van der Waals surface area (Å²) in [6.45, 7) is 0. The molecule has 0 fully saturated rings. The van der Waals surface area contributed by atoms with Crippen molar-refractivity contribution in [2.75, 3.05) is 32.0 Å². The molecule has 2 amide bonds. The number of carbonyl (C=O) groups excluding carboxylic acids is 3. The standard InChI is InChI=1S/C29H25ClN2O8/c1-36-22-12-11-19(16-20(22)30)31-28(34)25(17-8-5-4-6-9-17)40-29(35)18-14-21(26(38-3)24(15-18)37-2)32-27(33)23-10-7-13-39-23/h4-16,25H,1-3H3,(H,31,34)(H,32,33). The SMILES string of the molecule is COc1ccc(NC(=O)C(OC(=O)c2cc(NC(=O)c3ccco3)c(OC)c(OC)c2)c2ccccc2)cc1Cl. The molecular weight excluding hydrogens is 540 g/mol. The largest absolute Gasteiger partial charge is 0.495 e. The summed E-state index contributed by atoms with van der Waals surface area (Å²) in [5.41, 5.74) is 0.930. The molecule has 4 aromatic rings. The highest BCUT2D eigenvalue weighted by atomic mass is 35.5. The van der Waals surface area contributed by atoms with Gasteiger partial charge in [0.15, 0.2) is 17.3 Å². The van der Waals surface area contributed by atoms with Gasteiger partial charge >= 0.3 is 5.97 Å². The number of benzene rings is 3. The highest BCUT2D eigenvalue weighted by Gasteiger charge is 2.28. The number of nitrogens with one attached hydrogen (secondary N) is 2. The summed E-state index contributed by atoms with van der Waals surface area (Å²) in [7, 11) is 4.25. The van der Waals surface area contributed by atoms with E-state index >= 15 is 0 Å². The van der Waals surface area contributed by atoms with Crippen LogP contribution in [-0.4, -0.2) is 39.1 Å². The number of amides is 2. The summed E-state index contributed by atoms with van der Waals surface area (Å²) in [4.78, 5) is 39.4. The van der Waals surface area contributed by atoms with Crippen LogP contribution in [0.15, 0.2) is 83.5 Å². The first-order valence-electron chi connectivity index (χ1n) is 11.9. The predicted octanol–water partition coefficient (Wildman–Crippen LogP) is 5.75. The number of esters is 1. The molecule has 4 rings (SSSR count). The van der Waals surface area contributed by atoms with E-state index in [2.05, 4.69) is 10.6 Å². The summed E-state index contributed by atoms with van der Waals surface area (Å²) in [5, 5.41) is 5.65. The Hall–Kier alpha value is -4.96. The Balaban J connectivity index is 1.63. The minimum absolute atomic E-state index is 0.00591. The maximum Gasteiger partial charge on any atom is 0.339 e. The van der Waals surface area contributed by atoms with Gasteiger partial charge in [-0.2, -0.15) is 0 Å². The Morgan fingerprint density at radius 1 is 0.825 bits per heavy atom. The minimum atomic E-state index is -1.33. The fourth-order valence-electron chi connectivity index (χ4n) is 3.79. The molecule has 1 unspecified atom stereocenters. The van der Waals surface area contributed by atoms with Crippen molar-refractivity contribution in [1.29, 1.82) is 0 Å². The van der Waals surface area contributed by atoms with Crippen LogP contribution in [0.4, 0.5) is 11.4 Å². The van der Waals surface area contributed by atoms with Crippen LogP contribution in [-0.2, 0) is 9.53 Å². The lowest BCUT2D eigenvalue weighted by Crippen LogP contribution is -2.26. The Labute approximate surface area is 234 Å². The highest BCUT2D eigenvalue weighted by molar-refractivity contribution is 6.32. The fraction of sp³-hybridized carbons (Fsp3) is 0.138. The Morgan fingerprint density at radius 3 is 2.20 bits per heavy atom. The molecule has 0 bridgehead atoms. The first-order chi connectivity index (χ1) is 19.3. The molecule has 0 aliphatic carbocycles. The first-order valence-corrected chi connectivity index (χ1v) is 12.2. The summed E-state index contributed by atoms with van der Waals surface area (Å²) < 4.78 is 26.8. The highest BCUT2D eigenvalue weighted by Crippen LogP contribution is 2.38. The molecule has 10 nitrogen and oxygen atoms in total. The van der Waals surface area contributed by atoms with Gasteiger partial charge in [0.05, 0.1) is 43.9 Å². The van der Waals surface area contributed by atoms with Crippen LogP contribution in [0, 0.1) is 0 Å². The number of anilines is 2. The number of ether oxygens (including phenoxy) is 4. The average molecular weight is 565 g/mol. The molecular formula is C29H25ClN2O8. The number of hydrogen-bond acceptors (Lipinski definition) is 8. The van der Waals surface area contributed by atoms with Crippen molar-refractivity contribution in [2.24, 2.45) is 0 Å². The molecule has 1 heterocycles. The number of halogens is 1. The third-order valence-electron chi connectivity index (χ3n) is 5.69. The summed E-state index contributed by atoms with van der Waals surface area (Å²) in [5.74, 6) is -1.23. The molecule has 2 N–H and O–H groups in total. The van der Waals surface area contributed by atoms with Gasteiger partial charge in [0, 0.05) is 11.3 Å². The monoisotopic (exact) mass is 564 g/mol. The van der Waals surface area contributed by atoms with Gasteiger partial charge < -0.3 is 34.0 Å². The number of furan rings is 1. The van der Waals surface area contributed by atoms with Crippen molar-refractivity contribution in [3.8, 4) is 17.2 Å². The van der Waals surface area contributed by atoms with Crippen molar-refractivity contribution in [1.82, 2.24) is 0 Å². The molecule has 40 heavy (non-hydrogen) atoms. The van der Waals surface area contributed by atoms with E-state index in [1.165, 1.54) is 51.9 Å². The van der Waals surface area contributed by atoms with Crippen LogP contribution in [0.2, 0.25) is 5.02 Å². The van der Waals surface area contributed by atoms with Crippen molar-refractivity contribution < 1.29 is 37.7 Å². The summed E-state index contributed by atoms with van der Waals surface area (Å²) in [6.07, 6.45) is 0.0265. The molecule has 0 saturated heterocycles. The van der Waals surface area contributed by atoms with Gasteiger partial charge in [-0.1, -0.05) is 41.9 Å². The topological polar surface area (TPSA) is 125 Å². The number of carbonyl (C=O) groups is 3. The number of rotatable bonds is 10. The zero-order chi connectivity index (χ0) is 28.6. The van der Waals surface area contributed by atoms with E-state index in [1.54, 1.807) is 48.5 Å². The third-order valence-corrected chi connectivity index (χ3v) is 5.99. The molecule has 0 spiro atoms. The van der Waals surface area contributed by atoms with E-state index < -0.39 is 23.9 Å². The molecule has 1 aromatic heterocycles. The van der Waals surface area contributed by atoms with Crippen molar-refractivity contribution in [2.45, 2.75) is 6.10 Å². The normalized spacial score (nSPS) is 11.2. The van der Waals surface area contributed by atoms with Gasteiger partial charge in [-0.15, -0.1) is 0 Å². The lowest BCUT2D eigenvalue weighted by molar-refractivity contribution is -0.125. The van der Waals surface area contributed by atoms with Crippen molar-refractivity contribution >= 4 is 40.8 Å². The lowest BCUT2D eigenvalue weighted by atomic mass is 10.1. The smallest absolute Gasteiger partial charge is 0.339 e. The van der Waals surface area contributed by atoms with Crippen molar-refractivity contribution in [3.05, 3.63) is 101 Å². The first kappa shape index (κ1) is 28.1. The van der Waals surface area contributed by atoms with E-state index in [4.69, 9.17) is 35.0 Å². The summed E-state index contributed by atoms with van der Waals surface area (Å²) >= 11 is 6.19. The van der Waals surface area contributed by atoms with Crippen LogP contribution in [0.1, 0.15) is 32.6 Å². The number of hydrogen-bond donors (Lipinski definition) is 2. The number of methoxy groups -OCH3 is 3. The minimum Gasteiger partial charge on any atom is -0.495 e. The second-order valence-corrected chi connectivity index (χ2v) is 8.63. The zero-order valence-electron chi connectivity index (χ0n) is 21.7. The second-order valence-electron chi connectivity index (χ2n) is 8.23. The van der Waals surface area contributed by atoms with Crippen LogP contribution in [0.25, 0.3) is 0 Å². The fourth-order valence-corrected chi connectivity index (χ4v) is 4.05. The van der Waals surface area contributed by atoms with Gasteiger partial charge in [-0.05, 0) is 42.5 Å². The molecule has 1 atom stereocenters. The van der Waals surface area contributed by atoms with E-state index in [0.29, 0.717) is 22.0 Å². The van der Waals surface area contributed by atoms with E-state index in [0.717, 1.165) is 0 Å². The van der Waals surface area contributed by atoms with E-state index in [9.17, 15) is 14.4 Å². The molecule has 11 heteroatoms. The maximum atomic E-state index is 13.4.